The van der Waals surface area contributed by atoms with Gasteiger partial charge in [-0.1, -0.05) is 0 Å². The standard InChI is InChI=1S/C15H19N3O2/c19-13(9-18-12-3-4-12)10-20-14-5-1-11(2-6-14)15-16-7-8-17-15/h1-2,5-8,12-13,18-19H,3-4,9-10H2,(H,16,17)/t13-/m1/s1. The minimum atomic E-state index is -0.472. The molecule has 1 heterocycles. The first-order valence-corrected chi connectivity index (χ1v) is 6.95. The van der Waals surface area contributed by atoms with Gasteiger partial charge in [-0.25, -0.2) is 4.98 Å². The zero-order valence-corrected chi connectivity index (χ0v) is 11.2. The van der Waals surface area contributed by atoms with E-state index in [0.29, 0.717) is 19.2 Å². The number of nitrogens with zero attached hydrogens (tertiary/aromatic N) is 1. The molecular formula is C15H19N3O2. The second-order valence-electron chi connectivity index (χ2n) is 5.11. The number of ether oxygens (including phenoxy) is 1. The first-order chi connectivity index (χ1) is 9.81. The summed E-state index contributed by atoms with van der Waals surface area (Å²) < 4.78 is 5.57. The SMILES string of the molecule is O[C@H](CNC1CC1)COc1ccc(-c2ncc[nH]2)cc1. The smallest absolute Gasteiger partial charge is 0.137 e. The van der Waals surface area contributed by atoms with Crippen LogP contribution in [0.5, 0.6) is 5.75 Å². The highest BCUT2D eigenvalue weighted by Crippen LogP contribution is 2.20. The molecule has 1 aliphatic carbocycles. The Bertz CT molecular complexity index is 521. The van der Waals surface area contributed by atoms with Crippen LogP contribution >= 0.6 is 0 Å². The summed E-state index contributed by atoms with van der Waals surface area (Å²) in [5, 5.41) is 13.1. The summed E-state index contributed by atoms with van der Waals surface area (Å²) in [7, 11) is 0. The number of aromatic amines is 1. The summed E-state index contributed by atoms with van der Waals surface area (Å²) in [6.07, 6.45) is 5.50. The van der Waals surface area contributed by atoms with Crippen molar-refractivity contribution in [2.75, 3.05) is 13.2 Å². The lowest BCUT2D eigenvalue weighted by Crippen LogP contribution is -2.32. The third kappa shape index (κ3) is 3.59. The zero-order valence-electron chi connectivity index (χ0n) is 11.2. The van der Waals surface area contributed by atoms with Crippen molar-refractivity contribution in [2.45, 2.75) is 25.0 Å². The molecule has 1 saturated carbocycles. The molecule has 5 heteroatoms. The number of aliphatic hydroxyl groups is 1. The van der Waals surface area contributed by atoms with Gasteiger partial charge in [0.05, 0.1) is 0 Å². The van der Waals surface area contributed by atoms with Crippen LogP contribution in [0.4, 0.5) is 0 Å². The Morgan fingerprint density at radius 2 is 2.15 bits per heavy atom. The van der Waals surface area contributed by atoms with E-state index in [4.69, 9.17) is 4.74 Å². The number of hydrogen-bond donors (Lipinski definition) is 3. The van der Waals surface area contributed by atoms with Gasteiger partial charge in [-0.05, 0) is 37.1 Å². The van der Waals surface area contributed by atoms with Crippen LogP contribution < -0.4 is 10.1 Å². The van der Waals surface area contributed by atoms with Crippen LogP contribution in [0.1, 0.15) is 12.8 Å². The van der Waals surface area contributed by atoms with Crippen LogP contribution in [0.3, 0.4) is 0 Å². The molecule has 2 aromatic rings. The normalized spacial score (nSPS) is 16.1. The summed E-state index contributed by atoms with van der Waals surface area (Å²) in [6, 6.07) is 8.28. The Balaban J connectivity index is 1.47. The van der Waals surface area contributed by atoms with E-state index in [1.165, 1.54) is 12.8 Å². The van der Waals surface area contributed by atoms with E-state index in [0.717, 1.165) is 17.1 Å². The number of rotatable bonds is 7. The fourth-order valence-electron chi connectivity index (χ4n) is 1.97. The minimum Gasteiger partial charge on any atom is -0.491 e. The molecule has 1 fully saturated rings. The van der Waals surface area contributed by atoms with Crippen molar-refractivity contribution in [1.82, 2.24) is 15.3 Å². The number of H-pyrrole nitrogens is 1. The predicted octanol–water partition coefficient (Wildman–Crippen LogP) is 1.57. The largest absolute Gasteiger partial charge is 0.491 e. The van der Waals surface area contributed by atoms with E-state index in [9.17, 15) is 5.11 Å². The van der Waals surface area contributed by atoms with Gasteiger partial charge in [0.15, 0.2) is 0 Å². The lowest BCUT2D eigenvalue weighted by atomic mass is 10.2. The van der Waals surface area contributed by atoms with Crippen molar-refractivity contribution in [3.63, 3.8) is 0 Å². The Morgan fingerprint density at radius 1 is 1.35 bits per heavy atom. The van der Waals surface area contributed by atoms with E-state index in [-0.39, 0.29) is 0 Å². The molecule has 0 radical (unpaired) electrons. The van der Waals surface area contributed by atoms with Crippen LogP contribution in [0.15, 0.2) is 36.7 Å². The Morgan fingerprint density at radius 3 is 2.80 bits per heavy atom. The molecule has 3 N–H and O–H groups in total. The van der Waals surface area contributed by atoms with Gasteiger partial charge >= 0.3 is 0 Å². The maximum atomic E-state index is 9.79. The summed E-state index contributed by atoms with van der Waals surface area (Å²) in [6.45, 7) is 0.898. The predicted molar refractivity (Wildman–Crippen MR) is 76.6 cm³/mol. The topological polar surface area (TPSA) is 70.2 Å². The molecule has 106 valence electrons. The Hall–Kier alpha value is -1.85. The third-order valence-corrected chi connectivity index (χ3v) is 3.29. The van der Waals surface area contributed by atoms with Crippen LogP contribution in [-0.2, 0) is 0 Å². The van der Waals surface area contributed by atoms with Gasteiger partial charge in [-0.2, -0.15) is 0 Å². The highest BCUT2D eigenvalue weighted by molar-refractivity contribution is 5.55. The average Bonchev–Trinajstić information content (AvgIpc) is 3.15. The average molecular weight is 273 g/mol. The number of hydrogen-bond acceptors (Lipinski definition) is 4. The second kappa shape index (κ2) is 6.07. The van der Waals surface area contributed by atoms with E-state index < -0.39 is 6.10 Å². The van der Waals surface area contributed by atoms with Crippen molar-refractivity contribution >= 4 is 0 Å². The molecule has 1 aromatic heterocycles. The van der Waals surface area contributed by atoms with Gasteiger partial charge in [0.25, 0.3) is 0 Å². The molecule has 0 aliphatic heterocycles. The molecule has 1 atom stereocenters. The van der Waals surface area contributed by atoms with Gasteiger partial charge in [0.2, 0.25) is 0 Å². The summed E-state index contributed by atoms with van der Waals surface area (Å²) in [5.41, 5.74) is 1.01. The zero-order chi connectivity index (χ0) is 13.8. The third-order valence-electron chi connectivity index (χ3n) is 3.29. The summed E-state index contributed by atoms with van der Waals surface area (Å²) in [5.74, 6) is 1.59. The number of aromatic nitrogens is 2. The van der Waals surface area contributed by atoms with Crippen molar-refractivity contribution in [2.24, 2.45) is 0 Å². The van der Waals surface area contributed by atoms with Crippen LogP contribution in [0.25, 0.3) is 11.4 Å². The highest BCUT2D eigenvalue weighted by Gasteiger charge is 2.21. The van der Waals surface area contributed by atoms with Crippen molar-refractivity contribution in [3.05, 3.63) is 36.7 Å². The summed E-state index contributed by atoms with van der Waals surface area (Å²) in [4.78, 5) is 7.25. The molecule has 1 aromatic carbocycles. The summed E-state index contributed by atoms with van der Waals surface area (Å²) >= 11 is 0. The van der Waals surface area contributed by atoms with Gasteiger partial charge in [0, 0.05) is 30.5 Å². The monoisotopic (exact) mass is 273 g/mol. The fourth-order valence-corrected chi connectivity index (χ4v) is 1.97. The van der Waals surface area contributed by atoms with E-state index in [1.54, 1.807) is 12.4 Å². The van der Waals surface area contributed by atoms with E-state index in [2.05, 4.69) is 15.3 Å². The lowest BCUT2D eigenvalue weighted by Gasteiger charge is -2.13. The van der Waals surface area contributed by atoms with Gasteiger partial charge in [-0.15, -0.1) is 0 Å². The van der Waals surface area contributed by atoms with Gasteiger partial charge in [0.1, 0.15) is 24.3 Å². The van der Waals surface area contributed by atoms with Crippen LogP contribution in [-0.4, -0.2) is 40.4 Å². The van der Waals surface area contributed by atoms with Crippen molar-refractivity contribution < 1.29 is 9.84 Å². The molecule has 20 heavy (non-hydrogen) atoms. The number of imidazole rings is 1. The maximum Gasteiger partial charge on any atom is 0.137 e. The molecule has 0 unspecified atom stereocenters. The molecule has 3 rings (SSSR count). The highest BCUT2D eigenvalue weighted by atomic mass is 16.5. The molecule has 0 saturated heterocycles. The number of nitrogens with one attached hydrogen (secondary N) is 2. The number of aliphatic hydroxyl groups excluding tert-OH is 1. The molecular weight excluding hydrogens is 254 g/mol. The van der Waals surface area contributed by atoms with Crippen molar-refractivity contribution in [1.29, 1.82) is 0 Å². The Kier molecular flexibility index (Phi) is 3.99. The molecule has 0 bridgehead atoms. The van der Waals surface area contributed by atoms with E-state index in [1.807, 2.05) is 24.3 Å². The maximum absolute atomic E-state index is 9.79. The van der Waals surface area contributed by atoms with Crippen LogP contribution in [0.2, 0.25) is 0 Å². The van der Waals surface area contributed by atoms with Crippen LogP contribution in [0, 0.1) is 0 Å². The fraction of sp³-hybridized carbons (Fsp3) is 0.400. The second-order valence-corrected chi connectivity index (χ2v) is 5.11. The molecule has 1 aliphatic rings. The lowest BCUT2D eigenvalue weighted by molar-refractivity contribution is 0.106. The molecule has 5 nitrogen and oxygen atoms in total. The minimum absolute atomic E-state index is 0.305. The Labute approximate surface area is 118 Å². The first kappa shape index (κ1) is 13.1. The van der Waals surface area contributed by atoms with Gasteiger partial charge < -0.3 is 20.1 Å². The molecule has 0 spiro atoms. The number of benzene rings is 1. The molecule has 0 amide bonds. The van der Waals surface area contributed by atoms with Gasteiger partial charge in [-0.3, -0.25) is 0 Å². The van der Waals surface area contributed by atoms with E-state index >= 15 is 0 Å². The first-order valence-electron chi connectivity index (χ1n) is 6.95. The quantitative estimate of drug-likeness (QED) is 0.716. The van der Waals surface area contributed by atoms with Crippen molar-refractivity contribution in [3.8, 4) is 17.1 Å².